The van der Waals surface area contributed by atoms with Gasteiger partial charge in [-0.25, -0.2) is 0 Å². The van der Waals surface area contributed by atoms with Crippen molar-refractivity contribution >= 4 is 24.2 Å². The van der Waals surface area contributed by atoms with Crippen molar-refractivity contribution < 1.29 is 0 Å². The Kier molecular flexibility index (Phi) is 5.30. The fourth-order valence-electron chi connectivity index (χ4n) is 3.32. The molecule has 0 spiro atoms. The van der Waals surface area contributed by atoms with E-state index in [1.807, 2.05) is 5.62 Å². The minimum absolute atomic E-state index is 0.142. The highest BCUT2D eigenvalue weighted by Gasteiger charge is 2.52. The molecular weight excluding hydrogens is 295 g/mol. The lowest BCUT2D eigenvalue weighted by atomic mass is 9.87. The highest BCUT2D eigenvalue weighted by atomic mass is 35.5. The van der Waals surface area contributed by atoms with Crippen molar-refractivity contribution in [2.45, 2.75) is 78.0 Å². The van der Waals surface area contributed by atoms with Crippen LogP contribution in [0.15, 0.2) is 24.3 Å². The van der Waals surface area contributed by atoms with E-state index < -0.39 is 7.26 Å². The zero-order valence-corrected chi connectivity index (χ0v) is 16.9. The molecule has 0 aromatic heterocycles. The molecule has 0 N–H and O–H groups in total. The highest BCUT2D eigenvalue weighted by molar-refractivity contribution is 7.88. The molecule has 0 bridgehead atoms. The SMILES string of the molecule is CC(C)(C)c1cccc([P+]([CH-]Cl)(C(C)(C)C)C(C)(C)C)c1. The third-order valence-electron chi connectivity index (χ3n) is 4.38. The molecule has 1 rings (SSSR count). The van der Waals surface area contributed by atoms with E-state index in [9.17, 15) is 0 Å². The van der Waals surface area contributed by atoms with Crippen LogP contribution in [0.5, 0.6) is 0 Å². The van der Waals surface area contributed by atoms with Crippen LogP contribution >= 0.6 is 18.9 Å². The molecule has 0 fully saturated rings. The molecule has 0 aliphatic carbocycles. The number of benzene rings is 1. The van der Waals surface area contributed by atoms with E-state index in [4.69, 9.17) is 11.6 Å². The van der Waals surface area contributed by atoms with E-state index >= 15 is 0 Å². The number of hydrogen-bond acceptors (Lipinski definition) is 0. The van der Waals surface area contributed by atoms with Crippen LogP contribution in [-0.4, -0.2) is 10.3 Å². The van der Waals surface area contributed by atoms with Gasteiger partial charge in [-0.3, -0.25) is 0 Å². The summed E-state index contributed by atoms with van der Waals surface area (Å²) in [5, 5.41) is 1.71. The van der Waals surface area contributed by atoms with Gasteiger partial charge in [0.2, 0.25) is 0 Å². The Morgan fingerprint density at radius 1 is 0.857 bits per heavy atom. The van der Waals surface area contributed by atoms with E-state index in [2.05, 4.69) is 86.6 Å². The molecule has 1 aromatic rings. The molecule has 0 saturated carbocycles. The van der Waals surface area contributed by atoms with Gasteiger partial charge in [-0.1, -0.05) is 45.8 Å². The summed E-state index contributed by atoms with van der Waals surface area (Å²) in [5.41, 5.74) is 3.55. The lowest BCUT2D eigenvalue weighted by Crippen LogP contribution is -2.40. The van der Waals surface area contributed by atoms with Crippen molar-refractivity contribution in [2.24, 2.45) is 0 Å². The fraction of sp³-hybridized carbons (Fsp3) is 0.632. The third kappa shape index (κ3) is 3.48. The molecule has 0 aliphatic heterocycles. The largest absolute Gasteiger partial charge is 0.304 e. The first-order valence-electron chi connectivity index (χ1n) is 7.72. The Morgan fingerprint density at radius 3 is 1.67 bits per heavy atom. The van der Waals surface area contributed by atoms with E-state index in [1.165, 1.54) is 10.9 Å². The molecule has 0 aliphatic rings. The summed E-state index contributed by atoms with van der Waals surface area (Å²) in [7, 11) is -1.65. The maximum atomic E-state index is 6.52. The first-order chi connectivity index (χ1) is 9.27. The lowest BCUT2D eigenvalue weighted by Gasteiger charge is -2.53. The molecule has 21 heavy (non-hydrogen) atoms. The Morgan fingerprint density at radius 2 is 1.33 bits per heavy atom. The van der Waals surface area contributed by atoms with Gasteiger partial charge in [0, 0.05) is 0 Å². The van der Waals surface area contributed by atoms with Gasteiger partial charge in [0.25, 0.3) is 0 Å². The zero-order chi connectivity index (χ0) is 16.7. The third-order valence-corrected chi connectivity index (χ3v) is 10.9. The molecule has 0 heterocycles. The Hall–Kier alpha value is -0.0600. The van der Waals surface area contributed by atoms with Gasteiger partial charge in [0.05, 0.1) is 15.6 Å². The van der Waals surface area contributed by atoms with Crippen LogP contribution < -0.4 is 5.30 Å². The monoisotopic (exact) mass is 326 g/mol. The summed E-state index contributed by atoms with van der Waals surface area (Å²) in [6.45, 7) is 20.8. The van der Waals surface area contributed by atoms with Crippen molar-refractivity contribution in [3.63, 3.8) is 0 Å². The van der Waals surface area contributed by atoms with Gasteiger partial charge >= 0.3 is 0 Å². The normalized spacial score (nSPS) is 14.4. The molecule has 1 aromatic carbocycles. The average molecular weight is 327 g/mol. The fourth-order valence-corrected chi connectivity index (χ4v) is 10.3. The topological polar surface area (TPSA) is 0 Å². The maximum Gasteiger partial charge on any atom is 0.0672 e. The molecule has 0 atom stereocenters. The van der Waals surface area contributed by atoms with Crippen LogP contribution in [0.2, 0.25) is 0 Å². The summed E-state index contributed by atoms with van der Waals surface area (Å²) in [5.74, 6) is 0. The van der Waals surface area contributed by atoms with Crippen LogP contribution in [0.3, 0.4) is 0 Å². The van der Waals surface area contributed by atoms with Crippen molar-refractivity contribution in [1.82, 2.24) is 0 Å². The first-order valence-corrected chi connectivity index (χ1v) is 10.0. The molecule has 0 radical (unpaired) electrons. The molecule has 0 saturated heterocycles. The first kappa shape index (κ1) is 19.0. The summed E-state index contributed by atoms with van der Waals surface area (Å²) >= 11 is 6.52. The maximum absolute atomic E-state index is 6.52. The molecular formula is C19H32ClP. The van der Waals surface area contributed by atoms with E-state index in [-0.39, 0.29) is 15.7 Å². The predicted octanol–water partition coefficient (Wildman–Crippen LogP) is 6.58. The molecule has 120 valence electrons. The minimum Gasteiger partial charge on any atom is -0.304 e. The number of halogens is 1. The van der Waals surface area contributed by atoms with Crippen LogP contribution in [0, 0.1) is 5.62 Å². The summed E-state index contributed by atoms with van der Waals surface area (Å²) < 4.78 is 0. The minimum atomic E-state index is -1.65. The van der Waals surface area contributed by atoms with Crippen molar-refractivity contribution in [2.75, 3.05) is 0 Å². The zero-order valence-electron chi connectivity index (χ0n) is 15.2. The molecule has 0 unspecified atom stereocenters. The van der Waals surface area contributed by atoms with Gasteiger partial charge < -0.3 is 11.6 Å². The smallest absolute Gasteiger partial charge is 0.0672 e. The molecule has 0 nitrogen and oxygen atoms in total. The van der Waals surface area contributed by atoms with Crippen molar-refractivity contribution in [3.8, 4) is 0 Å². The lowest BCUT2D eigenvalue weighted by molar-refractivity contribution is 0.590. The second-order valence-electron chi connectivity index (χ2n) is 8.96. The molecule has 2 heteroatoms. The van der Waals surface area contributed by atoms with E-state index in [0.717, 1.165) is 0 Å². The Balaban J connectivity index is 3.63. The van der Waals surface area contributed by atoms with E-state index in [1.54, 1.807) is 0 Å². The van der Waals surface area contributed by atoms with Crippen molar-refractivity contribution in [3.05, 3.63) is 35.5 Å². The highest BCUT2D eigenvalue weighted by Crippen LogP contribution is 2.78. The summed E-state index contributed by atoms with van der Waals surface area (Å²) in [6, 6.07) is 9.10. The van der Waals surface area contributed by atoms with Crippen LogP contribution in [0.25, 0.3) is 0 Å². The number of rotatable bonds is 2. The standard InChI is InChI=1S/C19H32ClP/c1-17(2,3)15-11-10-12-16(13-15)21(14-20,18(4,5)6)19(7,8)9/h10-14H,1-9H3. The van der Waals surface area contributed by atoms with Gasteiger partial charge in [-0.15, -0.1) is 0 Å². The molecule has 0 amide bonds. The van der Waals surface area contributed by atoms with E-state index in [0.29, 0.717) is 0 Å². The predicted molar refractivity (Wildman–Crippen MR) is 101 cm³/mol. The van der Waals surface area contributed by atoms with Crippen LogP contribution in [-0.2, 0) is 5.41 Å². The second-order valence-corrected chi connectivity index (χ2v) is 14.4. The van der Waals surface area contributed by atoms with Crippen LogP contribution in [0.4, 0.5) is 0 Å². The average Bonchev–Trinajstić information content (AvgIpc) is 2.25. The Bertz CT molecular complexity index is 470. The number of hydrogen-bond donors (Lipinski definition) is 0. The Labute approximate surface area is 138 Å². The summed E-state index contributed by atoms with van der Waals surface area (Å²) in [4.78, 5) is 0. The summed E-state index contributed by atoms with van der Waals surface area (Å²) in [6.07, 6.45) is 0. The second kappa shape index (κ2) is 5.86. The van der Waals surface area contributed by atoms with Gasteiger partial charge in [-0.2, -0.15) is 0 Å². The van der Waals surface area contributed by atoms with Gasteiger partial charge in [-0.05, 0) is 64.7 Å². The van der Waals surface area contributed by atoms with Crippen molar-refractivity contribution in [1.29, 1.82) is 0 Å². The quantitative estimate of drug-likeness (QED) is 0.425. The van der Waals surface area contributed by atoms with Gasteiger partial charge in [0.1, 0.15) is 0 Å². The van der Waals surface area contributed by atoms with Crippen LogP contribution in [0.1, 0.15) is 67.9 Å². The van der Waals surface area contributed by atoms with Gasteiger partial charge in [0.15, 0.2) is 0 Å².